The smallest absolute Gasteiger partial charge is 0.306 e. The van der Waals surface area contributed by atoms with Crippen molar-refractivity contribution in [3.8, 4) is 0 Å². The number of nitrogens with one attached hydrogen (secondary N) is 2. The minimum absolute atomic E-state index is 0.0651. The first-order chi connectivity index (χ1) is 8.69. The van der Waals surface area contributed by atoms with Crippen LogP contribution in [0.25, 0.3) is 0 Å². The Morgan fingerprint density at radius 2 is 1.74 bits per heavy atom. The Bertz CT molecular complexity index is 373. The van der Waals surface area contributed by atoms with Gasteiger partial charge < -0.3 is 15.7 Å². The van der Waals surface area contributed by atoms with Gasteiger partial charge in [-0.1, -0.05) is 0 Å². The van der Waals surface area contributed by atoms with Crippen LogP contribution in [0.1, 0.15) is 40.0 Å². The van der Waals surface area contributed by atoms with Gasteiger partial charge in [0.2, 0.25) is 11.8 Å². The largest absolute Gasteiger partial charge is 0.481 e. The van der Waals surface area contributed by atoms with Crippen LogP contribution in [0.3, 0.4) is 0 Å². The molecule has 0 aromatic carbocycles. The lowest BCUT2D eigenvalue weighted by Crippen LogP contribution is -2.46. The molecule has 1 saturated carbocycles. The summed E-state index contributed by atoms with van der Waals surface area (Å²) in [5, 5.41) is 14.2. The molecule has 0 spiro atoms. The molecule has 1 rings (SSSR count). The van der Waals surface area contributed by atoms with Gasteiger partial charge in [-0.25, -0.2) is 0 Å². The second kappa shape index (κ2) is 6.04. The molecular weight excluding hydrogens is 248 g/mol. The SMILES string of the molecule is CC(C)(C)NC(=O)CNC(=O)[C@@H]1CC[C@H](C(=O)O)C1. The summed E-state index contributed by atoms with van der Waals surface area (Å²) in [6.07, 6.45) is 1.47. The summed E-state index contributed by atoms with van der Waals surface area (Å²) in [6, 6.07) is 0. The fraction of sp³-hybridized carbons (Fsp3) is 0.769. The van der Waals surface area contributed by atoms with Crippen LogP contribution in [0.2, 0.25) is 0 Å². The van der Waals surface area contributed by atoms with E-state index in [-0.39, 0.29) is 29.8 Å². The summed E-state index contributed by atoms with van der Waals surface area (Å²) < 4.78 is 0. The van der Waals surface area contributed by atoms with Crippen molar-refractivity contribution in [3.05, 3.63) is 0 Å². The minimum atomic E-state index is -0.847. The number of carbonyl (C=O) groups excluding carboxylic acids is 2. The number of carboxylic acid groups (broad SMARTS) is 1. The Morgan fingerprint density at radius 3 is 2.21 bits per heavy atom. The molecule has 0 saturated heterocycles. The molecule has 0 heterocycles. The van der Waals surface area contributed by atoms with Crippen molar-refractivity contribution in [2.24, 2.45) is 11.8 Å². The summed E-state index contributed by atoms with van der Waals surface area (Å²) in [5.74, 6) is -2.04. The summed E-state index contributed by atoms with van der Waals surface area (Å²) in [4.78, 5) is 34.1. The molecule has 1 fully saturated rings. The van der Waals surface area contributed by atoms with Crippen molar-refractivity contribution in [2.45, 2.75) is 45.6 Å². The van der Waals surface area contributed by atoms with Crippen LogP contribution in [0.5, 0.6) is 0 Å². The lowest BCUT2D eigenvalue weighted by Gasteiger charge is -2.21. The molecule has 2 atom stereocenters. The third-order valence-corrected chi connectivity index (χ3v) is 3.09. The maximum absolute atomic E-state index is 11.8. The van der Waals surface area contributed by atoms with Gasteiger partial charge in [-0.15, -0.1) is 0 Å². The number of aliphatic carboxylic acids is 1. The number of carboxylic acids is 1. The second-order valence-corrected chi connectivity index (χ2v) is 6.06. The van der Waals surface area contributed by atoms with E-state index in [2.05, 4.69) is 10.6 Å². The highest BCUT2D eigenvalue weighted by atomic mass is 16.4. The maximum Gasteiger partial charge on any atom is 0.306 e. The van der Waals surface area contributed by atoms with Gasteiger partial charge in [0, 0.05) is 11.5 Å². The summed E-state index contributed by atoms with van der Waals surface area (Å²) in [7, 11) is 0. The zero-order valence-corrected chi connectivity index (χ0v) is 11.7. The van der Waals surface area contributed by atoms with Gasteiger partial charge in [-0.05, 0) is 40.0 Å². The van der Waals surface area contributed by atoms with Crippen LogP contribution >= 0.6 is 0 Å². The quantitative estimate of drug-likeness (QED) is 0.694. The molecule has 2 amide bonds. The van der Waals surface area contributed by atoms with E-state index >= 15 is 0 Å². The number of hydrogen-bond acceptors (Lipinski definition) is 3. The van der Waals surface area contributed by atoms with E-state index in [1.54, 1.807) is 0 Å². The van der Waals surface area contributed by atoms with E-state index in [0.717, 1.165) is 0 Å². The molecule has 108 valence electrons. The van der Waals surface area contributed by atoms with E-state index < -0.39 is 11.9 Å². The number of rotatable bonds is 4. The Kier molecular flexibility index (Phi) is 4.91. The van der Waals surface area contributed by atoms with Gasteiger partial charge in [-0.3, -0.25) is 14.4 Å². The molecule has 0 aliphatic heterocycles. The fourth-order valence-corrected chi connectivity index (χ4v) is 2.22. The lowest BCUT2D eigenvalue weighted by molar-refractivity contribution is -0.141. The van der Waals surface area contributed by atoms with Crippen LogP contribution in [-0.2, 0) is 14.4 Å². The van der Waals surface area contributed by atoms with Crippen LogP contribution in [0.15, 0.2) is 0 Å². The van der Waals surface area contributed by atoms with Gasteiger partial charge in [0.1, 0.15) is 0 Å². The maximum atomic E-state index is 11.8. The van der Waals surface area contributed by atoms with Crippen molar-refractivity contribution in [1.82, 2.24) is 10.6 Å². The summed E-state index contributed by atoms with van der Waals surface area (Å²) in [5.41, 5.74) is -0.330. The highest BCUT2D eigenvalue weighted by Crippen LogP contribution is 2.30. The van der Waals surface area contributed by atoms with Gasteiger partial charge in [-0.2, -0.15) is 0 Å². The van der Waals surface area contributed by atoms with Gasteiger partial charge >= 0.3 is 5.97 Å². The van der Waals surface area contributed by atoms with E-state index in [1.165, 1.54) is 0 Å². The molecule has 0 bridgehead atoms. The van der Waals surface area contributed by atoms with Crippen molar-refractivity contribution < 1.29 is 19.5 Å². The monoisotopic (exact) mass is 270 g/mol. The Labute approximate surface area is 112 Å². The number of carbonyl (C=O) groups is 3. The van der Waals surface area contributed by atoms with E-state index in [0.29, 0.717) is 19.3 Å². The van der Waals surface area contributed by atoms with E-state index in [1.807, 2.05) is 20.8 Å². The molecular formula is C13H22N2O4. The molecule has 1 aliphatic rings. The summed E-state index contributed by atoms with van der Waals surface area (Å²) >= 11 is 0. The predicted molar refractivity (Wildman–Crippen MR) is 69.4 cm³/mol. The third kappa shape index (κ3) is 5.28. The molecule has 3 N–H and O–H groups in total. The standard InChI is InChI=1S/C13H22N2O4/c1-13(2,3)15-10(16)7-14-11(17)8-4-5-9(6-8)12(18)19/h8-9H,4-7H2,1-3H3,(H,14,17)(H,15,16)(H,18,19)/t8-,9+/m1/s1. The Hall–Kier alpha value is -1.59. The minimum Gasteiger partial charge on any atom is -0.481 e. The molecule has 0 aromatic rings. The Balaban J connectivity index is 2.33. The van der Waals surface area contributed by atoms with E-state index in [9.17, 15) is 14.4 Å². The average molecular weight is 270 g/mol. The predicted octanol–water partition coefficient (Wildman–Crippen LogP) is 0.518. The Morgan fingerprint density at radius 1 is 1.16 bits per heavy atom. The van der Waals surface area contributed by atoms with Crippen LogP contribution in [-0.4, -0.2) is 35.0 Å². The fourth-order valence-electron chi connectivity index (χ4n) is 2.22. The molecule has 0 aromatic heterocycles. The van der Waals surface area contributed by atoms with Crippen molar-refractivity contribution in [3.63, 3.8) is 0 Å². The normalized spacial score (nSPS) is 22.9. The first-order valence-corrected chi connectivity index (χ1v) is 6.50. The van der Waals surface area contributed by atoms with Crippen LogP contribution in [0.4, 0.5) is 0 Å². The van der Waals surface area contributed by atoms with Crippen LogP contribution in [0, 0.1) is 11.8 Å². The summed E-state index contributed by atoms with van der Waals surface area (Å²) in [6.45, 7) is 5.52. The highest BCUT2D eigenvalue weighted by molar-refractivity contribution is 5.86. The van der Waals surface area contributed by atoms with Crippen molar-refractivity contribution in [2.75, 3.05) is 6.54 Å². The topological polar surface area (TPSA) is 95.5 Å². The van der Waals surface area contributed by atoms with Gasteiger partial charge in [0.15, 0.2) is 0 Å². The van der Waals surface area contributed by atoms with Gasteiger partial charge in [0.25, 0.3) is 0 Å². The first kappa shape index (κ1) is 15.5. The third-order valence-electron chi connectivity index (χ3n) is 3.09. The highest BCUT2D eigenvalue weighted by Gasteiger charge is 2.33. The van der Waals surface area contributed by atoms with Crippen LogP contribution < -0.4 is 10.6 Å². The lowest BCUT2D eigenvalue weighted by atomic mass is 10.0. The molecule has 19 heavy (non-hydrogen) atoms. The molecule has 6 heteroatoms. The molecule has 0 radical (unpaired) electrons. The zero-order chi connectivity index (χ0) is 14.6. The van der Waals surface area contributed by atoms with Crippen molar-refractivity contribution >= 4 is 17.8 Å². The number of amides is 2. The molecule has 0 unspecified atom stereocenters. The number of hydrogen-bond donors (Lipinski definition) is 3. The van der Waals surface area contributed by atoms with E-state index in [4.69, 9.17) is 5.11 Å². The average Bonchev–Trinajstić information content (AvgIpc) is 2.72. The second-order valence-electron chi connectivity index (χ2n) is 6.06. The van der Waals surface area contributed by atoms with Crippen molar-refractivity contribution in [1.29, 1.82) is 0 Å². The van der Waals surface area contributed by atoms with Gasteiger partial charge in [0.05, 0.1) is 12.5 Å². The molecule has 6 nitrogen and oxygen atoms in total. The zero-order valence-electron chi connectivity index (χ0n) is 11.7. The first-order valence-electron chi connectivity index (χ1n) is 6.50. The molecule has 1 aliphatic carbocycles.